The summed E-state index contributed by atoms with van der Waals surface area (Å²) in [6, 6.07) is 11.7. The molecule has 2 aromatic rings. The predicted octanol–water partition coefficient (Wildman–Crippen LogP) is 2.59. The van der Waals surface area contributed by atoms with Gasteiger partial charge in [0.2, 0.25) is 0 Å². The molecule has 0 aliphatic rings. The average Bonchev–Trinajstić information content (AvgIpc) is 2.96. The Morgan fingerprint density at radius 1 is 1.21 bits per heavy atom. The van der Waals surface area contributed by atoms with E-state index in [0.29, 0.717) is 13.2 Å². The zero-order chi connectivity index (χ0) is 13.3. The number of rotatable bonds is 8. The van der Waals surface area contributed by atoms with E-state index in [4.69, 9.17) is 13.9 Å². The van der Waals surface area contributed by atoms with Crippen LogP contribution in [0.5, 0.6) is 5.75 Å². The Morgan fingerprint density at radius 3 is 2.95 bits per heavy atom. The molecule has 1 aromatic carbocycles. The van der Waals surface area contributed by atoms with E-state index >= 15 is 0 Å². The van der Waals surface area contributed by atoms with Crippen molar-refractivity contribution in [2.24, 2.45) is 0 Å². The molecule has 0 saturated heterocycles. The first kappa shape index (κ1) is 13.6. The highest BCUT2D eigenvalue weighted by atomic mass is 16.5. The molecule has 0 bridgehead atoms. The van der Waals surface area contributed by atoms with Crippen LogP contribution < -0.4 is 10.1 Å². The third-order valence-electron chi connectivity index (χ3n) is 2.71. The maximum atomic E-state index is 5.59. The van der Waals surface area contributed by atoms with Gasteiger partial charge in [-0.15, -0.1) is 0 Å². The van der Waals surface area contributed by atoms with Crippen molar-refractivity contribution in [3.63, 3.8) is 0 Å². The minimum absolute atomic E-state index is 0.597. The van der Waals surface area contributed by atoms with Crippen LogP contribution in [0.1, 0.15) is 11.3 Å². The second-order valence-electron chi connectivity index (χ2n) is 4.16. The van der Waals surface area contributed by atoms with Crippen molar-refractivity contribution in [3.8, 4) is 5.75 Å². The number of benzene rings is 1. The fraction of sp³-hybridized carbons (Fsp3) is 0.333. The Balaban J connectivity index is 1.58. The molecule has 1 aromatic heterocycles. The highest BCUT2D eigenvalue weighted by molar-refractivity contribution is 5.27. The van der Waals surface area contributed by atoms with Gasteiger partial charge in [0.15, 0.2) is 0 Å². The molecule has 1 heterocycles. The van der Waals surface area contributed by atoms with Gasteiger partial charge in [-0.3, -0.25) is 0 Å². The predicted molar refractivity (Wildman–Crippen MR) is 73.1 cm³/mol. The van der Waals surface area contributed by atoms with Crippen molar-refractivity contribution in [3.05, 3.63) is 54.0 Å². The molecule has 0 saturated carbocycles. The molecule has 0 aliphatic heterocycles. The Labute approximate surface area is 113 Å². The molecule has 1 N–H and O–H groups in total. The van der Waals surface area contributed by atoms with Crippen LogP contribution in [0.2, 0.25) is 0 Å². The van der Waals surface area contributed by atoms with Crippen LogP contribution in [0.15, 0.2) is 47.1 Å². The number of hydrogen-bond donors (Lipinski definition) is 1. The molecule has 4 nitrogen and oxygen atoms in total. The van der Waals surface area contributed by atoms with Gasteiger partial charge >= 0.3 is 0 Å². The number of hydrogen-bond acceptors (Lipinski definition) is 4. The Kier molecular flexibility index (Phi) is 5.47. The van der Waals surface area contributed by atoms with Gasteiger partial charge in [-0.05, 0) is 29.8 Å². The largest absolute Gasteiger partial charge is 0.497 e. The zero-order valence-corrected chi connectivity index (χ0v) is 11.1. The van der Waals surface area contributed by atoms with Gasteiger partial charge in [-0.2, -0.15) is 0 Å². The summed E-state index contributed by atoms with van der Waals surface area (Å²) in [4.78, 5) is 0. The van der Waals surface area contributed by atoms with E-state index in [2.05, 4.69) is 5.32 Å². The quantitative estimate of drug-likeness (QED) is 0.742. The third kappa shape index (κ3) is 4.77. The van der Waals surface area contributed by atoms with Crippen LogP contribution in [0.25, 0.3) is 0 Å². The number of furan rings is 1. The summed E-state index contributed by atoms with van der Waals surface area (Å²) >= 11 is 0. The molecule has 0 spiro atoms. The molecule has 2 rings (SSSR count). The molecule has 0 amide bonds. The molecule has 19 heavy (non-hydrogen) atoms. The number of ether oxygens (including phenoxy) is 2. The van der Waals surface area contributed by atoms with Gasteiger partial charge in [-0.1, -0.05) is 12.1 Å². The number of methoxy groups -OCH3 is 1. The van der Waals surface area contributed by atoms with E-state index in [-0.39, 0.29) is 0 Å². The Hall–Kier alpha value is -1.78. The molecule has 0 radical (unpaired) electrons. The van der Waals surface area contributed by atoms with Crippen LogP contribution in [-0.2, 0) is 17.9 Å². The van der Waals surface area contributed by atoms with Crippen molar-refractivity contribution in [1.29, 1.82) is 0 Å². The second kappa shape index (κ2) is 7.61. The monoisotopic (exact) mass is 261 g/mol. The van der Waals surface area contributed by atoms with Crippen molar-refractivity contribution >= 4 is 0 Å². The van der Waals surface area contributed by atoms with Crippen LogP contribution in [0.4, 0.5) is 0 Å². The topological polar surface area (TPSA) is 43.6 Å². The normalized spacial score (nSPS) is 10.6. The summed E-state index contributed by atoms with van der Waals surface area (Å²) in [6.07, 6.45) is 1.68. The van der Waals surface area contributed by atoms with E-state index in [9.17, 15) is 0 Å². The average molecular weight is 261 g/mol. The molecular formula is C15H19NO3. The Morgan fingerprint density at radius 2 is 2.16 bits per heavy atom. The SMILES string of the molecule is COc1cccc(COCCNCc2ccco2)c1. The fourth-order valence-corrected chi connectivity index (χ4v) is 1.72. The van der Waals surface area contributed by atoms with Crippen LogP contribution in [0, 0.1) is 0 Å². The summed E-state index contributed by atoms with van der Waals surface area (Å²) in [5, 5.41) is 3.25. The highest BCUT2D eigenvalue weighted by Gasteiger charge is 1.97. The zero-order valence-electron chi connectivity index (χ0n) is 11.1. The molecule has 0 atom stereocenters. The summed E-state index contributed by atoms with van der Waals surface area (Å²) in [6.45, 7) is 2.79. The number of nitrogens with one attached hydrogen (secondary N) is 1. The third-order valence-corrected chi connectivity index (χ3v) is 2.71. The minimum Gasteiger partial charge on any atom is -0.497 e. The molecule has 0 unspecified atom stereocenters. The van der Waals surface area contributed by atoms with Crippen molar-refractivity contribution in [2.45, 2.75) is 13.2 Å². The smallest absolute Gasteiger partial charge is 0.119 e. The van der Waals surface area contributed by atoms with Crippen molar-refractivity contribution in [2.75, 3.05) is 20.3 Å². The first-order chi connectivity index (χ1) is 9.38. The Bertz CT molecular complexity index is 468. The fourth-order valence-electron chi connectivity index (χ4n) is 1.72. The lowest BCUT2D eigenvalue weighted by molar-refractivity contribution is 0.122. The first-order valence-corrected chi connectivity index (χ1v) is 6.32. The summed E-state index contributed by atoms with van der Waals surface area (Å²) < 4.78 is 16.0. The highest BCUT2D eigenvalue weighted by Crippen LogP contribution is 2.12. The summed E-state index contributed by atoms with van der Waals surface area (Å²) in [5.74, 6) is 1.80. The van der Waals surface area contributed by atoms with E-state index in [1.807, 2.05) is 36.4 Å². The van der Waals surface area contributed by atoms with E-state index < -0.39 is 0 Å². The molecule has 0 aliphatic carbocycles. The van der Waals surface area contributed by atoms with Crippen LogP contribution in [-0.4, -0.2) is 20.3 Å². The van der Waals surface area contributed by atoms with Gasteiger partial charge < -0.3 is 19.2 Å². The second-order valence-corrected chi connectivity index (χ2v) is 4.16. The summed E-state index contributed by atoms with van der Waals surface area (Å²) in [5.41, 5.74) is 1.12. The van der Waals surface area contributed by atoms with Crippen molar-refractivity contribution in [1.82, 2.24) is 5.32 Å². The molecule has 4 heteroatoms. The maximum absolute atomic E-state index is 5.59. The molecular weight excluding hydrogens is 242 g/mol. The van der Waals surface area contributed by atoms with Crippen LogP contribution >= 0.6 is 0 Å². The van der Waals surface area contributed by atoms with Gasteiger partial charge in [0.1, 0.15) is 11.5 Å². The first-order valence-electron chi connectivity index (χ1n) is 6.32. The van der Waals surface area contributed by atoms with Crippen LogP contribution in [0.3, 0.4) is 0 Å². The van der Waals surface area contributed by atoms with Gasteiger partial charge in [0.25, 0.3) is 0 Å². The summed E-state index contributed by atoms with van der Waals surface area (Å²) in [7, 11) is 1.67. The lowest BCUT2D eigenvalue weighted by Gasteiger charge is -2.06. The van der Waals surface area contributed by atoms with E-state index in [0.717, 1.165) is 30.2 Å². The van der Waals surface area contributed by atoms with Gasteiger partial charge in [-0.25, -0.2) is 0 Å². The standard InChI is InChI=1S/C15H19NO3/c1-17-14-5-2-4-13(10-14)12-18-9-7-16-11-15-6-3-8-19-15/h2-6,8,10,16H,7,9,11-12H2,1H3. The van der Waals surface area contributed by atoms with Gasteiger partial charge in [0, 0.05) is 6.54 Å². The van der Waals surface area contributed by atoms with E-state index in [1.165, 1.54) is 0 Å². The minimum atomic E-state index is 0.597. The lowest BCUT2D eigenvalue weighted by Crippen LogP contribution is -2.18. The van der Waals surface area contributed by atoms with Crippen molar-refractivity contribution < 1.29 is 13.9 Å². The molecule has 102 valence electrons. The maximum Gasteiger partial charge on any atom is 0.119 e. The van der Waals surface area contributed by atoms with E-state index in [1.54, 1.807) is 13.4 Å². The lowest BCUT2D eigenvalue weighted by atomic mass is 10.2. The van der Waals surface area contributed by atoms with Gasteiger partial charge in [0.05, 0.1) is 33.1 Å². The molecule has 0 fully saturated rings.